The zero-order chi connectivity index (χ0) is 19.0. The molecular formula is C20H38NO3S+. The van der Waals surface area contributed by atoms with Crippen LogP contribution in [0.1, 0.15) is 83.6 Å². The van der Waals surface area contributed by atoms with E-state index in [9.17, 15) is 8.42 Å². The zero-order valence-electron chi connectivity index (χ0n) is 16.4. The lowest BCUT2D eigenvalue weighted by Crippen LogP contribution is -2.32. The summed E-state index contributed by atoms with van der Waals surface area (Å²) in [6.45, 7) is 5.72. The van der Waals surface area contributed by atoms with E-state index >= 15 is 0 Å². The molecule has 0 saturated heterocycles. The number of nitrogens with zero attached hydrogens (tertiary/aromatic N) is 1. The highest BCUT2D eigenvalue weighted by atomic mass is 32.2. The molecule has 0 amide bonds. The summed E-state index contributed by atoms with van der Waals surface area (Å²) in [4.78, 5) is 0. The van der Waals surface area contributed by atoms with Crippen molar-refractivity contribution in [3.63, 3.8) is 0 Å². The lowest BCUT2D eigenvalue weighted by molar-refractivity contribution is -0.697. The Morgan fingerprint density at radius 2 is 1.28 bits per heavy atom. The smallest absolute Gasteiger partial charge is 0.261 e. The Hall–Kier alpha value is -0.940. The van der Waals surface area contributed by atoms with Crippen molar-refractivity contribution >= 4 is 10.1 Å². The van der Waals surface area contributed by atoms with Gasteiger partial charge in [0.15, 0.2) is 12.4 Å². The molecule has 1 rings (SSSR count). The van der Waals surface area contributed by atoms with Crippen molar-refractivity contribution in [1.29, 1.82) is 0 Å². The van der Waals surface area contributed by atoms with E-state index in [0.29, 0.717) is 6.26 Å². The first-order chi connectivity index (χ1) is 11.9. The third-order valence-corrected chi connectivity index (χ3v) is 4.05. The number of aromatic nitrogens is 1. The Morgan fingerprint density at radius 1 is 0.840 bits per heavy atom. The molecule has 146 valence electrons. The average molecular weight is 373 g/mol. The van der Waals surface area contributed by atoms with Gasteiger partial charge in [-0.3, -0.25) is 4.55 Å². The topological polar surface area (TPSA) is 58.2 Å². The van der Waals surface area contributed by atoms with E-state index in [4.69, 9.17) is 4.55 Å². The predicted molar refractivity (Wildman–Crippen MR) is 105 cm³/mol. The molecule has 5 heteroatoms. The van der Waals surface area contributed by atoms with Gasteiger partial charge in [0.25, 0.3) is 10.1 Å². The van der Waals surface area contributed by atoms with Crippen molar-refractivity contribution in [2.45, 2.75) is 91.0 Å². The van der Waals surface area contributed by atoms with Crippen LogP contribution in [-0.2, 0) is 23.1 Å². The minimum absolute atomic E-state index is 0.715. The lowest BCUT2D eigenvalue weighted by Gasteiger charge is -2.01. The summed E-state index contributed by atoms with van der Waals surface area (Å²) in [5.41, 5.74) is 1.49. The van der Waals surface area contributed by atoms with Gasteiger partial charge in [0.1, 0.15) is 6.54 Å². The van der Waals surface area contributed by atoms with Crippen LogP contribution in [0.3, 0.4) is 0 Å². The second-order valence-electron chi connectivity index (χ2n) is 6.76. The van der Waals surface area contributed by atoms with E-state index in [2.05, 4.69) is 42.9 Å². The lowest BCUT2D eigenvalue weighted by atomic mass is 10.1. The molecule has 1 aromatic rings. The molecule has 0 spiro atoms. The highest BCUT2D eigenvalue weighted by molar-refractivity contribution is 7.85. The summed E-state index contributed by atoms with van der Waals surface area (Å²) in [5.74, 6) is 0. The Balaban J connectivity index is 0.00000101. The molecule has 0 fully saturated rings. The number of pyridine rings is 1. The molecule has 0 atom stereocenters. The largest absolute Gasteiger partial charge is 0.286 e. The van der Waals surface area contributed by atoms with E-state index in [-0.39, 0.29) is 0 Å². The van der Waals surface area contributed by atoms with Gasteiger partial charge >= 0.3 is 0 Å². The van der Waals surface area contributed by atoms with Crippen LogP contribution in [0.4, 0.5) is 0 Å². The van der Waals surface area contributed by atoms with Crippen LogP contribution in [0.15, 0.2) is 24.5 Å². The molecule has 4 nitrogen and oxygen atoms in total. The highest BCUT2D eigenvalue weighted by Crippen LogP contribution is 2.08. The van der Waals surface area contributed by atoms with Crippen LogP contribution in [0.2, 0.25) is 0 Å². The normalized spacial score (nSPS) is 11.0. The van der Waals surface area contributed by atoms with Gasteiger partial charge in [0, 0.05) is 18.6 Å². The Kier molecular flexibility index (Phi) is 14.7. The molecular weight excluding hydrogens is 334 g/mol. The summed E-state index contributed by atoms with van der Waals surface area (Å²) < 4.78 is 28.2. The van der Waals surface area contributed by atoms with Gasteiger partial charge in [-0.15, -0.1) is 0 Å². The molecule has 1 heterocycles. The first kappa shape index (κ1) is 24.1. The van der Waals surface area contributed by atoms with Gasteiger partial charge in [0.05, 0.1) is 6.26 Å². The van der Waals surface area contributed by atoms with Crippen molar-refractivity contribution in [3.8, 4) is 0 Å². The van der Waals surface area contributed by atoms with Crippen molar-refractivity contribution in [3.05, 3.63) is 30.1 Å². The highest BCUT2D eigenvalue weighted by Gasteiger charge is 2.01. The summed E-state index contributed by atoms with van der Waals surface area (Å²) in [6.07, 6.45) is 20.3. The first-order valence-electron chi connectivity index (χ1n) is 9.77. The van der Waals surface area contributed by atoms with Crippen LogP contribution in [0.5, 0.6) is 0 Å². The van der Waals surface area contributed by atoms with Gasteiger partial charge in [-0.25, -0.2) is 4.57 Å². The zero-order valence-corrected chi connectivity index (χ0v) is 17.2. The Morgan fingerprint density at radius 3 is 1.76 bits per heavy atom. The van der Waals surface area contributed by atoms with Crippen LogP contribution in [-0.4, -0.2) is 19.2 Å². The SMILES string of the molecule is CCCCCCCCCC[n+]1ccc(CCCC)cc1.CS(=O)(=O)O. The first-order valence-corrected chi connectivity index (χ1v) is 11.6. The second-order valence-corrected chi connectivity index (χ2v) is 8.22. The third kappa shape index (κ3) is 19.2. The van der Waals surface area contributed by atoms with Crippen molar-refractivity contribution in [2.75, 3.05) is 6.26 Å². The monoisotopic (exact) mass is 372 g/mol. The maximum atomic E-state index is 9.19. The van der Waals surface area contributed by atoms with Gasteiger partial charge < -0.3 is 0 Å². The molecule has 25 heavy (non-hydrogen) atoms. The maximum Gasteiger partial charge on any atom is 0.261 e. The average Bonchev–Trinajstić information content (AvgIpc) is 2.55. The fourth-order valence-corrected chi connectivity index (χ4v) is 2.61. The van der Waals surface area contributed by atoms with Gasteiger partial charge in [-0.2, -0.15) is 8.42 Å². The molecule has 0 aliphatic carbocycles. The third-order valence-electron chi connectivity index (χ3n) is 4.05. The molecule has 0 bridgehead atoms. The fourth-order valence-electron chi connectivity index (χ4n) is 2.61. The quantitative estimate of drug-likeness (QED) is 0.320. The Bertz CT molecular complexity index is 504. The Labute approximate surface area is 155 Å². The number of hydrogen-bond acceptors (Lipinski definition) is 2. The van der Waals surface area contributed by atoms with Crippen LogP contribution < -0.4 is 4.57 Å². The summed E-state index contributed by atoms with van der Waals surface area (Å²) >= 11 is 0. The number of hydrogen-bond donors (Lipinski definition) is 1. The molecule has 0 aromatic carbocycles. The minimum atomic E-state index is -3.67. The second kappa shape index (κ2) is 15.3. The fraction of sp³-hybridized carbons (Fsp3) is 0.750. The molecule has 1 N–H and O–H groups in total. The van der Waals surface area contributed by atoms with E-state index < -0.39 is 10.1 Å². The van der Waals surface area contributed by atoms with Crippen LogP contribution in [0, 0.1) is 0 Å². The summed E-state index contributed by atoms with van der Waals surface area (Å²) in [6, 6.07) is 4.58. The van der Waals surface area contributed by atoms with Crippen molar-refractivity contribution < 1.29 is 17.5 Å². The summed E-state index contributed by atoms with van der Waals surface area (Å²) in [7, 11) is -3.67. The van der Waals surface area contributed by atoms with E-state index in [0.717, 1.165) is 0 Å². The molecule has 0 saturated carbocycles. The van der Waals surface area contributed by atoms with Gasteiger partial charge in [-0.05, 0) is 24.8 Å². The van der Waals surface area contributed by atoms with E-state index in [1.807, 2.05) is 0 Å². The molecule has 0 aliphatic rings. The number of unbranched alkanes of at least 4 members (excludes halogenated alkanes) is 8. The van der Waals surface area contributed by atoms with Crippen LogP contribution >= 0.6 is 0 Å². The molecule has 0 unspecified atom stereocenters. The number of aryl methyl sites for hydroxylation is 2. The van der Waals surface area contributed by atoms with Crippen LogP contribution in [0.25, 0.3) is 0 Å². The predicted octanol–water partition coefficient (Wildman–Crippen LogP) is 4.96. The molecule has 0 radical (unpaired) electrons. The van der Waals surface area contributed by atoms with E-state index in [1.165, 1.54) is 82.7 Å². The van der Waals surface area contributed by atoms with Gasteiger partial charge in [0.2, 0.25) is 0 Å². The number of rotatable bonds is 12. The maximum absolute atomic E-state index is 9.19. The van der Waals surface area contributed by atoms with Gasteiger partial charge in [-0.1, -0.05) is 58.8 Å². The van der Waals surface area contributed by atoms with Crippen molar-refractivity contribution in [2.24, 2.45) is 0 Å². The molecule has 1 aromatic heterocycles. The van der Waals surface area contributed by atoms with E-state index in [1.54, 1.807) is 0 Å². The van der Waals surface area contributed by atoms with Crippen molar-refractivity contribution in [1.82, 2.24) is 0 Å². The minimum Gasteiger partial charge on any atom is -0.286 e. The summed E-state index contributed by atoms with van der Waals surface area (Å²) in [5, 5.41) is 0. The molecule has 0 aliphatic heterocycles. The standard InChI is InChI=1S/C19H34N.CH4O3S/c1-3-5-7-8-9-10-11-12-16-20-17-14-19(15-18-20)13-6-4-2;1-5(2,3)4/h14-15,17-18H,3-13,16H2,1-2H3;1H3,(H,2,3,4)/q+1;.